The second-order valence-corrected chi connectivity index (χ2v) is 6.83. The summed E-state index contributed by atoms with van der Waals surface area (Å²) in [5.41, 5.74) is 2.77. The highest BCUT2D eigenvalue weighted by atomic mass is 35.5. The number of halogens is 2. The molecule has 0 saturated carbocycles. The van der Waals surface area contributed by atoms with Crippen molar-refractivity contribution in [2.24, 2.45) is 0 Å². The van der Waals surface area contributed by atoms with E-state index in [4.69, 9.17) is 23.2 Å². The highest BCUT2D eigenvalue weighted by Crippen LogP contribution is 2.21. The number of rotatable bonds is 7. The molecular weight excluding hydrogens is 371 g/mol. The van der Waals surface area contributed by atoms with Crippen LogP contribution in [0.4, 0.5) is 5.69 Å². The van der Waals surface area contributed by atoms with Crippen LogP contribution in [0.2, 0.25) is 10.0 Å². The molecule has 0 radical (unpaired) electrons. The number of benzene rings is 2. The fourth-order valence-electron chi connectivity index (χ4n) is 2.66. The van der Waals surface area contributed by atoms with Crippen molar-refractivity contribution in [2.45, 2.75) is 26.7 Å². The molecule has 0 bridgehead atoms. The first kappa shape index (κ1) is 20.3. The first-order chi connectivity index (χ1) is 12.4. The van der Waals surface area contributed by atoms with Gasteiger partial charge in [-0.05, 0) is 55.7 Å². The lowest BCUT2D eigenvalue weighted by molar-refractivity contribution is -0.127. The third-order valence-corrected chi connectivity index (χ3v) is 4.56. The normalized spacial score (nSPS) is 10.5. The maximum Gasteiger partial charge on any atom is 0.236 e. The maximum absolute atomic E-state index is 12.5. The first-order valence-corrected chi connectivity index (χ1v) is 9.24. The third-order valence-electron chi connectivity index (χ3n) is 3.97. The second kappa shape index (κ2) is 9.60. The Balaban J connectivity index is 1.87. The number of carbonyl (C=O) groups excluding carboxylic acids is 2. The topological polar surface area (TPSA) is 49.4 Å². The van der Waals surface area contributed by atoms with Crippen LogP contribution in [0, 0.1) is 6.92 Å². The highest BCUT2D eigenvalue weighted by molar-refractivity contribution is 6.35. The molecule has 138 valence electrons. The summed E-state index contributed by atoms with van der Waals surface area (Å²) in [7, 11) is 0. The number of nitrogens with zero attached hydrogens (tertiary/aromatic N) is 1. The highest BCUT2D eigenvalue weighted by Gasteiger charge is 2.17. The van der Waals surface area contributed by atoms with Gasteiger partial charge in [0.2, 0.25) is 11.8 Å². The lowest BCUT2D eigenvalue weighted by atomic mass is 10.1. The average molecular weight is 393 g/mol. The zero-order valence-corrected chi connectivity index (χ0v) is 16.4. The van der Waals surface area contributed by atoms with E-state index in [0.717, 1.165) is 16.8 Å². The number of hydrogen-bond donors (Lipinski definition) is 1. The Hall–Kier alpha value is -2.04. The van der Waals surface area contributed by atoms with Crippen molar-refractivity contribution >= 4 is 40.7 Å². The van der Waals surface area contributed by atoms with Gasteiger partial charge in [0.15, 0.2) is 0 Å². The van der Waals surface area contributed by atoms with Gasteiger partial charge >= 0.3 is 0 Å². The number of carbonyl (C=O) groups is 2. The Morgan fingerprint density at radius 1 is 1.12 bits per heavy atom. The summed E-state index contributed by atoms with van der Waals surface area (Å²) in [6.07, 6.45) is 0.390. The van der Waals surface area contributed by atoms with E-state index in [1.165, 1.54) is 0 Å². The van der Waals surface area contributed by atoms with Gasteiger partial charge < -0.3 is 10.2 Å². The number of anilines is 1. The van der Waals surface area contributed by atoms with Gasteiger partial charge in [-0.2, -0.15) is 0 Å². The van der Waals surface area contributed by atoms with E-state index in [0.29, 0.717) is 29.6 Å². The molecule has 0 saturated heterocycles. The summed E-state index contributed by atoms with van der Waals surface area (Å²) in [6, 6.07) is 12.9. The zero-order chi connectivity index (χ0) is 19.1. The molecule has 0 aromatic heterocycles. The summed E-state index contributed by atoms with van der Waals surface area (Å²) < 4.78 is 0. The van der Waals surface area contributed by atoms with Gasteiger partial charge in [0.1, 0.15) is 6.42 Å². The number of amides is 2. The van der Waals surface area contributed by atoms with Crippen LogP contribution in [0.5, 0.6) is 0 Å². The molecule has 0 atom stereocenters. The minimum Gasteiger partial charge on any atom is -0.355 e. The standard InChI is InChI=1S/C20H22Cl2N2O2/c1-3-24(17-6-4-5-14(2)11-17)20(26)13-19(25)23-10-9-15-7-8-16(21)12-18(15)22/h4-8,11-12H,3,9-10,13H2,1-2H3,(H,23,25). The lowest BCUT2D eigenvalue weighted by Crippen LogP contribution is -2.36. The van der Waals surface area contributed by atoms with E-state index in [1.807, 2.05) is 44.2 Å². The van der Waals surface area contributed by atoms with E-state index < -0.39 is 0 Å². The van der Waals surface area contributed by atoms with E-state index in [-0.39, 0.29) is 18.2 Å². The van der Waals surface area contributed by atoms with Crippen LogP contribution in [0.1, 0.15) is 24.5 Å². The van der Waals surface area contributed by atoms with Crippen LogP contribution in [0.3, 0.4) is 0 Å². The molecule has 0 aliphatic rings. The molecule has 4 nitrogen and oxygen atoms in total. The smallest absolute Gasteiger partial charge is 0.236 e. The molecule has 0 unspecified atom stereocenters. The van der Waals surface area contributed by atoms with Crippen molar-refractivity contribution in [3.8, 4) is 0 Å². The Labute approximate surface area is 164 Å². The van der Waals surface area contributed by atoms with Gasteiger partial charge in [0, 0.05) is 28.8 Å². The molecule has 0 aliphatic heterocycles. The zero-order valence-electron chi connectivity index (χ0n) is 14.9. The molecule has 26 heavy (non-hydrogen) atoms. The van der Waals surface area contributed by atoms with Gasteiger partial charge in [-0.25, -0.2) is 0 Å². The largest absolute Gasteiger partial charge is 0.355 e. The van der Waals surface area contributed by atoms with Gasteiger partial charge in [-0.1, -0.05) is 41.4 Å². The van der Waals surface area contributed by atoms with Crippen LogP contribution in [-0.2, 0) is 16.0 Å². The van der Waals surface area contributed by atoms with E-state index in [2.05, 4.69) is 5.32 Å². The Morgan fingerprint density at radius 2 is 1.88 bits per heavy atom. The van der Waals surface area contributed by atoms with Crippen molar-refractivity contribution in [1.29, 1.82) is 0 Å². The van der Waals surface area contributed by atoms with Crippen LogP contribution >= 0.6 is 23.2 Å². The van der Waals surface area contributed by atoms with Gasteiger partial charge in [0.25, 0.3) is 0 Å². The van der Waals surface area contributed by atoms with Crippen molar-refractivity contribution < 1.29 is 9.59 Å². The Kier molecular flexibility index (Phi) is 7.49. The maximum atomic E-state index is 12.5. The van der Waals surface area contributed by atoms with Crippen LogP contribution in [-0.4, -0.2) is 24.9 Å². The fraction of sp³-hybridized carbons (Fsp3) is 0.300. The monoisotopic (exact) mass is 392 g/mol. The quantitative estimate of drug-likeness (QED) is 0.709. The average Bonchev–Trinajstić information content (AvgIpc) is 2.57. The number of nitrogens with one attached hydrogen (secondary N) is 1. The fourth-order valence-corrected chi connectivity index (χ4v) is 3.16. The summed E-state index contributed by atoms with van der Waals surface area (Å²) in [5.74, 6) is -0.522. The summed E-state index contributed by atoms with van der Waals surface area (Å²) in [5, 5.41) is 3.91. The summed E-state index contributed by atoms with van der Waals surface area (Å²) in [6.45, 7) is 4.77. The van der Waals surface area contributed by atoms with Gasteiger partial charge in [0.05, 0.1) is 0 Å². The number of hydrogen-bond acceptors (Lipinski definition) is 2. The second-order valence-electron chi connectivity index (χ2n) is 5.99. The minimum absolute atomic E-state index is 0.184. The Bertz CT molecular complexity index is 793. The molecule has 0 spiro atoms. The molecule has 2 aromatic carbocycles. The molecule has 1 N–H and O–H groups in total. The summed E-state index contributed by atoms with van der Waals surface area (Å²) >= 11 is 12.0. The molecular formula is C20H22Cl2N2O2. The van der Waals surface area contributed by atoms with E-state index in [9.17, 15) is 9.59 Å². The number of aryl methyl sites for hydroxylation is 1. The Morgan fingerprint density at radius 3 is 2.54 bits per heavy atom. The van der Waals surface area contributed by atoms with Crippen LogP contribution in [0.15, 0.2) is 42.5 Å². The predicted octanol–water partition coefficient (Wildman–Crippen LogP) is 4.40. The van der Waals surface area contributed by atoms with Gasteiger partial charge in [-0.3, -0.25) is 9.59 Å². The molecule has 2 aromatic rings. The lowest BCUT2D eigenvalue weighted by Gasteiger charge is -2.21. The molecule has 2 rings (SSSR count). The van der Waals surface area contributed by atoms with Crippen molar-refractivity contribution in [3.63, 3.8) is 0 Å². The van der Waals surface area contributed by atoms with Crippen molar-refractivity contribution in [1.82, 2.24) is 5.32 Å². The summed E-state index contributed by atoms with van der Waals surface area (Å²) in [4.78, 5) is 26.2. The van der Waals surface area contributed by atoms with E-state index in [1.54, 1.807) is 17.0 Å². The molecule has 2 amide bonds. The van der Waals surface area contributed by atoms with E-state index >= 15 is 0 Å². The van der Waals surface area contributed by atoms with Gasteiger partial charge in [-0.15, -0.1) is 0 Å². The SMILES string of the molecule is CCN(C(=O)CC(=O)NCCc1ccc(Cl)cc1Cl)c1cccc(C)c1. The molecule has 0 fully saturated rings. The predicted molar refractivity (Wildman–Crippen MR) is 107 cm³/mol. The van der Waals surface area contributed by atoms with Crippen LogP contribution < -0.4 is 10.2 Å². The minimum atomic E-state index is -0.300. The third kappa shape index (κ3) is 5.75. The van der Waals surface area contributed by atoms with Crippen LogP contribution in [0.25, 0.3) is 0 Å². The molecule has 0 aliphatic carbocycles. The molecule has 6 heteroatoms. The van der Waals surface area contributed by atoms with Crippen molar-refractivity contribution in [3.05, 3.63) is 63.6 Å². The molecule has 0 heterocycles. The van der Waals surface area contributed by atoms with Crippen molar-refractivity contribution in [2.75, 3.05) is 18.0 Å². The first-order valence-electron chi connectivity index (χ1n) is 8.48.